The first-order valence-electron chi connectivity index (χ1n) is 10.0. The van der Waals surface area contributed by atoms with Gasteiger partial charge in [-0.1, -0.05) is 73.9 Å². The predicted molar refractivity (Wildman–Crippen MR) is 125 cm³/mol. The van der Waals surface area contributed by atoms with Crippen LogP contribution < -0.4 is 15.3 Å². The Balaban J connectivity index is 2.73. The molecule has 4 heteroatoms. The van der Waals surface area contributed by atoms with E-state index in [4.69, 9.17) is 9.47 Å². The number of ether oxygens (including phenoxy) is 2. The second-order valence-electron chi connectivity index (χ2n) is 9.68. The molecular weight excluding hydrogens is 379 g/mol. The van der Waals surface area contributed by atoms with Gasteiger partial charge in [-0.05, 0) is 47.7 Å². The van der Waals surface area contributed by atoms with Crippen molar-refractivity contribution in [3.05, 3.63) is 52.6 Å². The molecule has 0 heterocycles. The Hall–Kier alpha value is -1.70. The Morgan fingerprint density at radius 1 is 0.966 bits per heavy atom. The first kappa shape index (κ1) is 23.6. The van der Waals surface area contributed by atoms with Crippen LogP contribution in [-0.4, -0.2) is 19.7 Å². The van der Waals surface area contributed by atoms with Gasteiger partial charge in [0.15, 0.2) is 12.6 Å². The quantitative estimate of drug-likeness (QED) is 0.360. The van der Waals surface area contributed by atoms with E-state index < -0.39 is 0 Å². The predicted octanol–water partition coefficient (Wildman–Crippen LogP) is 5.40. The van der Waals surface area contributed by atoms with Crippen molar-refractivity contribution < 1.29 is 14.3 Å². The van der Waals surface area contributed by atoms with Gasteiger partial charge in [-0.15, -0.1) is 0 Å². The fourth-order valence-electron chi connectivity index (χ4n) is 3.19. The lowest BCUT2D eigenvalue weighted by Crippen LogP contribution is -2.24. The van der Waals surface area contributed by atoms with Gasteiger partial charge in [0.05, 0.1) is 0 Å². The summed E-state index contributed by atoms with van der Waals surface area (Å²) in [6.07, 6.45) is 0. The molecule has 0 aromatic heterocycles. The molecule has 29 heavy (non-hydrogen) atoms. The highest BCUT2D eigenvalue weighted by atomic mass is 31.1. The monoisotopic (exact) mass is 414 g/mol. The maximum Gasteiger partial charge on any atom is 0.188 e. The summed E-state index contributed by atoms with van der Waals surface area (Å²) in [5, 5.41) is 2.17. The Bertz CT molecular complexity index is 886. The fourth-order valence-corrected chi connectivity index (χ4v) is 4.58. The van der Waals surface area contributed by atoms with Crippen LogP contribution in [0.3, 0.4) is 0 Å². The Morgan fingerprint density at radius 3 is 2.14 bits per heavy atom. The lowest BCUT2D eigenvalue weighted by Gasteiger charge is -2.29. The number of carbonyl (C=O) groups excluding carboxylic acids is 1. The van der Waals surface area contributed by atoms with Crippen LogP contribution in [-0.2, 0) is 15.6 Å². The van der Waals surface area contributed by atoms with Gasteiger partial charge in [-0.2, -0.15) is 0 Å². The highest BCUT2D eigenvalue weighted by Gasteiger charge is 2.26. The molecule has 2 aromatic carbocycles. The number of benzene rings is 2. The number of Topliss-reactive ketones (excluding diaryl/α,β-unsaturated/α-hetero) is 1. The largest absolute Gasteiger partial charge is 0.467 e. The fraction of sp³-hybridized carbons (Fsp3) is 0.480. The standard InChI is InChI=1S/C25H35O3P/c1-16-10-11-21(19(12-16)17(2)26)29-22-14-18(24(3,4)5)13-20(25(6,7)8)23(22)28-15-27-9/h10-14,29H,15H2,1-9H3. The van der Waals surface area contributed by atoms with E-state index in [2.05, 4.69) is 65.8 Å². The molecule has 0 saturated heterocycles. The van der Waals surface area contributed by atoms with Crippen LogP contribution in [0.25, 0.3) is 0 Å². The van der Waals surface area contributed by atoms with Crippen molar-refractivity contribution in [3.63, 3.8) is 0 Å². The van der Waals surface area contributed by atoms with Gasteiger partial charge in [0.1, 0.15) is 5.75 Å². The molecule has 0 amide bonds. The minimum absolute atomic E-state index is 0.00962. The van der Waals surface area contributed by atoms with E-state index in [1.165, 1.54) is 11.1 Å². The van der Waals surface area contributed by atoms with Crippen molar-refractivity contribution in [2.75, 3.05) is 13.9 Å². The average molecular weight is 415 g/mol. The minimum atomic E-state index is -0.0831. The van der Waals surface area contributed by atoms with Crippen molar-refractivity contribution in [3.8, 4) is 5.75 Å². The van der Waals surface area contributed by atoms with Crippen LogP contribution >= 0.6 is 8.58 Å². The minimum Gasteiger partial charge on any atom is -0.467 e. The summed E-state index contributed by atoms with van der Waals surface area (Å²) in [4.78, 5) is 12.3. The smallest absolute Gasteiger partial charge is 0.188 e. The topological polar surface area (TPSA) is 35.5 Å². The van der Waals surface area contributed by atoms with E-state index in [9.17, 15) is 4.79 Å². The zero-order valence-corrected chi connectivity index (χ0v) is 20.3. The maximum absolute atomic E-state index is 12.3. The lowest BCUT2D eigenvalue weighted by atomic mass is 9.80. The molecule has 1 unspecified atom stereocenters. The molecule has 0 aliphatic heterocycles. The molecule has 2 aromatic rings. The van der Waals surface area contributed by atoms with Gasteiger partial charge in [0.25, 0.3) is 0 Å². The summed E-state index contributed by atoms with van der Waals surface area (Å²) >= 11 is 0. The van der Waals surface area contributed by atoms with Crippen molar-refractivity contribution in [1.29, 1.82) is 0 Å². The molecule has 0 fully saturated rings. The molecule has 2 rings (SSSR count). The van der Waals surface area contributed by atoms with Gasteiger partial charge in [-0.3, -0.25) is 4.79 Å². The molecule has 0 N–H and O–H groups in total. The molecule has 158 valence electrons. The van der Waals surface area contributed by atoms with Crippen LogP contribution in [0, 0.1) is 6.92 Å². The molecule has 0 aliphatic carbocycles. The second kappa shape index (κ2) is 8.98. The van der Waals surface area contributed by atoms with Crippen molar-refractivity contribution >= 4 is 25.0 Å². The molecule has 0 saturated carbocycles. The number of hydrogen-bond donors (Lipinski definition) is 0. The zero-order chi connectivity index (χ0) is 22.0. The van der Waals surface area contributed by atoms with E-state index in [-0.39, 0.29) is 23.4 Å². The third kappa shape index (κ3) is 5.90. The maximum atomic E-state index is 12.3. The number of methoxy groups -OCH3 is 1. The summed E-state index contributed by atoms with van der Waals surface area (Å²) in [6.45, 7) is 17.1. The Morgan fingerprint density at radius 2 is 1.62 bits per heavy atom. The highest BCUT2D eigenvalue weighted by Crippen LogP contribution is 2.37. The zero-order valence-electron chi connectivity index (χ0n) is 19.3. The van der Waals surface area contributed by atoms with Gasteiger partial charge >= 0.3 is 0 Å². The molecule has 1 atom stereocenters. The Kier molecular flexibility index (Phi) is 7.30. The van der Waals surface area contributed by atoms with E-state index >= 15 is 0 Å². The number of carbonyl (C=O) groups is 1. The number of hydrogen-bond acceptors (Lipinski definition) is 3. The van der Waals surface area contributed by atoms with E-state index in [0.717, 1.165) is 27.5 Å². The van der Waals surface area contributed by atoms with Crippen LogP contribution in [0.4, 0.5) is 0 Å². The lowest BCUT2D eigenvalue weighted by molar-refractivity contribution is 0.0506. The van der Waals surface area contributed by atoms with Crippen molar-refractivity contribution in [2.24, 2.45) is 0 Å². The number of aryl methyl sites for hydroxylation is 1. The van der Waals surface area contributed by atoms with Crippen LogP contribution in [0.2, 0.25) is 0 Å². The molecule has 0 aliphatic rings. The normalized spacial score (nSPS) is 12.6. The SMILES string of the molecule is COCOc1c(Pc2ccc(C)cc2C(C)=O)cc(C(C)(C)C)cc1C(C)(C)C. The Labute approximate surface area is 178 Å². The highest BCUT2D eigenvalue weighted by molar-refractivity contribution is 7.56. The van der Waals surface area contributed by atoms with Gasteiger partial charge in [0.2, 0.25) is 0 Å². The summed E-state index contributed by atoms with van der Waals surface area (Å²) in [5.41, 5.74) is 4.25. The second-order valence-corrected chi connectivity index (χ2v) is 11.0. The van der Waals surface area contributed by atoms with E-state index in [1.807, 2.05) is 13.0 Å². The molecule has 3 nitrogen and oxygen atoms in total. The summed E-state index contributed by atoms with van der Waals surface area (Å²) in [6, 6.07) is 10.6. The van der Waals surface area contributed by atoms with Gasteiger partial charge < -0.3 is 9.47 Å². The summed E-state index contributed by atoms with van der Waals surface area (Å²) in [7, 11) is 1.96. The van der Waals surface area contributed by atoms with Crippen LogP contribution in [0.5, 0.6) is 5.75 Å². The molecular formula is C25H35O3P. The molecule has 0 spiro atoms. The average Bonchev–Trinajstić information content (AvgIpc) is 2.59. The first-order valence-corrected chi connectivity index (χ1v) is 11.0. The van der Waals surface area contributed by atoms with E-state index in [0.29, 0.717) is 8.58 Å². The van der Waals surface area contributed by atoms with Crippen LogP contribution in [0.1, 0.15) is 75.5 Å². The third-order valence-electron chi connectivity index (χ3n) is 4.91. The molecule has 0 bridgehead atoms. The first-order chi connectivity index (χ1) is 13.3. The van der Waals surface area contributed by atoms with Crippen LogP contribution in [0.15, 0.2) is 30.3 Å². The van der Waals surface area contributed by atoms with Crippen molar-refractivity contribution in [2.45, 2.75) is 66.2 Å². The summed E-state index contributed by atoms with van der Waals surface area (Å²) in [5.74, 6) is 0.972. The van der Waals surface area contributed by atoms with Gasteiger partial charge in [0, 0.05) is 23.5 Å². The third-order valence-corrected chi connectivity index (χ3v) is 6.25. The van der Waals surface area contributed by atoms with Crippen molar-refractivity contribution in [1.82, 2.24) is 0 Å². The summed E-state index contributed by atoms with van der Waals surface area (Å²) < 4.78 is 11.3. The molecule has 0 radical (unpaired) electrons. The number of ketones is 1. The van der Waals surface area contributed by atoms with Gasteiger partial charge in [-0.25, -0.2) is 0 Å². The number of rotatable bonds is 6. The van der Waals surface area contributed by atoms with E-state index in [1.54, 1.807) is 14.0 Å².